The van der Waals surface area contributed by atoms with Crippen LogP contribution in [-0.2, 0) is 11.2 Å². The lowest BCUT2D eigenvalue weighted by Gasteiger charge is -2.20. The van der Waals surface area contributed by atoms with Gasteiger partial charge in [-0.05, 0) is 39.0 Å². The second-order valence-corrected chi connectivity index (χ2v) is 7.88. The molecule has 7 heteroatoms. The third kappa shape index (κ3) is 3.83. The molecule has 1 N–H and O–H groups in total. The molecule has 2 aromatic heterocycles. The van der Waals surface area contributed by atoms with Gasteiger partial charge in [-0.25, -0.2) is 4.98 Å². The molecule has 138 valence electrons. The number of ether oxygens (including phenoxy) is 2. The SMILES string of the molecule is COc1ccc(OC)c(-c2cn3c(CC(=O)NC(C)(C)C)csc3n2)c1. The number of nitrogens with one attached hydrogen (secondary N) is 1. The Hall–Kier alpha value is -2.54. The van der Waals surface area contributed by atoms with E-state index in [1.807, 2.05) is 54.9 Å². The number of amides is 1. The zero-order valence-corrected chi connectivity index (χ0v) is 16.4. The Morgan fingerprint density at radius 3 is 2.69 bits per heavy atom. The summed E-state index contributed by atoms with van der Waals surface area (Å²) in [7, 11) is 3.26. The summed E-state index contributed by atoms with van der Waals surface area (Å²) in [5.74, 6) is 1.46. The number of benzene rings is 1. The molecule has 26 heavy (non-hydrogen) atoms. The minimum Gasteiger partial charge on any atom is -0.497 e. The minimum absolute atomic E-state index is 0.00795. The fraction of sp³-hybridized carbons (Fsp3) is 0.368. The zero-order valence-electron chi connectivity index (χ0n) is 15.6. The van der Waals surface area contributed by atoms with Crippen LogP contribution < -0.4 is 14.8 Å². The van der Waals surface area contributed by atoms with E-state index < -0.39 is 0 Å². The molecule has 3 aromatic rings. The molecular weight excluding hydrogens is 350 g/mol. The van der Waals surface area contributed by atoms with Crippen molar-refractivity contribution in [1.82, 2.24) is 14.7 Å². The van der Waals surface area contributed by atoms with Crippen LogP contribution in [0.4, 0.5) is 0 Å². The maximum absolute atomic E-state index is 12.3. The molecule has 0 spiro atoms. The molecule has 0 saturated carbocycles. The van der Waals surface area contributed by atoms with Crippen molar-refractivity contribution in [3.05, 3.63) is 35.5 Å². The van der Waals surface area contributed by atoms with Gasteiger partial charge in [-0.3, -0.25) is 9.20 Å². The number of imidazole rings is 1. The van der Waals surface area contributed by atoms with Gasteiger partial charge < -0.3 is 14.8 Å². The number of hydrogen-bond donors (Lipinski definition) is 1. The summed E-state index contributed by atoms with van der Waals surface area (Å²) in [6.07, 6.45) is 2.24. The first-order chi connectivity index (χ1) is 12.3. The standard InChI is InChI=1S/C19H23N3O3S/c1-19(2,3)21-17(23)8-12-11-26-18-20-15(10-22(12)18)14-9-13(24-4)6-7-16(14)25-5/h6-7,9-11H,8H2,1-5H3,(H,21,23). The number of aromatic nitrogens is 2. The number of hydrogen-bond acceptors (Lipinski definition) is 5. The summed E-state index contributed by atoms with van der Waals surface area (Å²) in [6, 6.07) is 5.61. The largest absolute Gasteiger partial charge is 0.497 e. The lowest BCUT2D eigenvalue weighted by Crippen LogP contribution is -2.41. The van der Waals surface area contributed by atoms with Crippen molar-refractivity contribution in [2.45, 2.75) is 32.7 Å². The Labute approximate surface area is 156 Å². The smallest absolute Gasteiger partial charge is 0.226 e. The number of thiazole rings is 1. The van der Waals surface area contributed by atoms with Gasteiger partial charge in [0.05, 0.1) is 26.3 Å². The van der Waals surface area contributed by atoms with Gasteiger partial charge in [-0.15, -0.1) is 11.3 Å². The first-order valence-electron chi connectivity index (χ1n) is 8.29. The first kappa shape index (κ1) is 18.3. The number of fused-ring (bicyclic) bond motifs is 1. The lowest BCUT2D eigenvalue weighted by molar-refractivity contribution is -0.121. The molecule has 0 atom stereocenters. The summed E-state index contributed by atoms with van der Waals surface area (Å²) < 4.78 is 12.7. The maximum atomic E-state index is 12.3. The second kappa shape index (κ2) is 6.99. The normalized spacial score (nSPS) is 11.6. The second-order valence-electron chi connectivity index (χ2n) is 7.05. The molecule has 3 rings (SSSR count). The van der Waals surface area contributed by atoms with E-state index in [2.05, 4.69) is 10.3 Å². The maximum Gasteiger partial charge on any atom is 0.226 e. The Morgan fingerprint density at radius 2 is 2.04 bits per heavy atom. The fourth-order valence-electron chi connectivity index (χ4n) is 2.73. The van der Waals surface area contributed by atoms with Crippen LogP contribution in [0.25, 0.3) is 16.2 Å². The third-order valence-electron chi connectivity index (χ3n) is 3.82. The van der Waals surface area contributed by atoms with E-state index in [1.54, 1.807) is 14.2 Å². The van der Waals surface area contributed by atoms with Crippen molar-refractivity contribution in [3.8, 4) is 22.8 Å². The lowest BCUT2D eigenvalue weighted by atomic mass is 10.1. The number of rotatable bonds is 5. The Bertz CT molecular complexity index is 937. The fourth-order valence-corrected chi connectivity index (χ4v) is 3.60. The highest BCUT2D eigenvalue weighted by Gasteiger charge is 2.18. The van der Waals surface area contributed by atoms with Crippen LogP contribution in [0.5, 0.6) is 11.5 Å². The molecule has 0 bridgehead atoms. The summed E-state index contributed by atoms with van der Waals surface area (Å²) in [5, 5.41) is 4.96. The third-order valence-corrected chi connectivity index (χ3v) is 4.71. The van der Waals surface area contributed by atoms with Crippen LogP contribution in [0, 0.1) is 0 Å². The quantitative estimate of drug-likeness (QED) is 0.743. The highest BCUT2D eigenvalue weighted by Crippen LogP contribution is 2.34. The van der Waals surface area contributed by atoms with Gasteiger partial charge in [0.15, 0.2) is 4.96 Å². The molecular formula is C19H23N3O3S. The van der Waals surface area contributed by atoms with Crippen molar-refractivity contribution in [3.63, 3.8) is 0 Å². The number of carbonyl (C=O) groups excluding carboxylic acids is 1. The van der Waals surface area contributed by atoms with E-state index in [0.29, 0.717) is 6.42 Å². The number of carbonyl (C=O) groups is 1. The summed E-state index contributed by atoms with van der Waals surface area (Å²) in [5.41, 5.74) is 2.30. The topological polar surface area (TPSA) is 64.9 Å². The summed E-state index contributed by atoms with van der Waals surface area (Å²) in [6.45, 7) is 5.91. The summed E-state index contributed by atoms with van der Waals surface area (Å²) in [4.78, 5) is 17.8. The van der Waals surface area contributed by atoms with Gasteiger partial charge >= 0.3 is 0 Å². The minimum atomic E-state index is -0.250. The van der Waals surface area contributed by atoms with Crippen molar-refractivity contribution in [2.75, 3.05) is 14.2 Å². The zero-order chi connectivity index (χ0) is 18.9. The predicted molar refractivity (Wildman–Crippen MR) is 103 cm³/mol. The van der Waals surface area contributed by atoms with Crippen LogP contribution in [-0.4, -0.2) is 35.1 Å². The number of nitrogens with zero attached hydrogens (tertiary/aromatic N) is 2. The molecule has 0 saturated heterocycles. The first-order valence-corrected chi connectivity index (χ1v) is 9.17. The van der Waals surface area contributed by atoms with Crippen LogP contribution >= 0.6 is 11.3 Å². The van der Waals surface area contributed by atoms with E-state index in [1.165, 1.54) is 11.3 Å². The molecule has 0 fully saturated rings. The Balaban J connectivity index is 1.94. The molecule has 0 unspecified atom stereocenters. The van der Waals surface area contributed by atoms with Gasteiger partial charge in [0.1, 0.15) is 11.5 Å². The van der Waals surface area contributed by atoms with Crippen molar-refractivity contribution in [2.24, 2.45) is 0 Å². The summed E-state index contributed by atoms with van der Waals surface area (Å²) >= 11 is 1.51. The van der Waals surface area contributed by atoms with Crippen LogP contribution in [0.1, 0.15) is 26.5 Å². The van der Waals surface area contributed by atoms with Gasteiger partial charge in [0.25, 0.3) is 0 Å². The van der Waals surface area contributed by atoms with E-state index in [0.717, 1.165) is 33.4 Å². The van der Waals surface area contributed by atoms with Crippen molar-refractivity contribution >= 4 is 22.2 Å². The van der Waals surface area contributed by atoms with Crippen molar-refractivity contribution in [1.29, 1.82) is 0 Å². The van der Waals surface area contributed by atoms with Gasteiger partial charge in [0.2, 0.25) is 5.91 Å². The molecule has 1 amide bonds. The van der Waals surface area contributed by atoms with Gasteiger partial charge in [-0.1, -0.05) is 0 Å². The Kier molecular flexibility index (Phi) is 4.91. The van der Waals surface area contributed by atoms with Crippen LogP contribution in [0.2, 0.25) is 0 Å². The molecule has 0 aliphatic carbocycles. The molecule has 6 nitrogen and oxygen atoms in total. The average Bonchev–Trinajstić information content (AvgIpc) is 3.14. The van der Waals surface area contributed by atoms with E-state index >= 15 is 0 Å². The van der Waals surface area contributed by atoms with Gasteiger partial charge in [-0.2, -0.15) is 0 Å². The number of methoxy groups -OCH3 is 2. The van der Waals surface area contributed by atoms with Gasteiger partial charge in [0, 0.05) is 28.4 Å². The Morgan fingerprint density at radius 1 is 1.27 bits per heavy atom. The molecule has 0 aliphatic heterocycles. The van der Waals surface area contributed by atoms with Crippen LogP contribution in [0.3, 0.4) is 0 Å². The van der Waals surface area contributed by atoms with Crippen LogP contribution in [0.15, 0.2) is 29.8 Å². The van der Waals surface area contributed by atoms with E-state index in [-0.39, 0.29) is 11.4 Å². The highest BCUT2D eigenvalue weighted by molar-refractivity contribution is 7.15. The van der Waals surface area contributed by atoms with E-state index in [4.69, 9.17) is 9.47 Å². The van der Waals surface area contributed by atoms with E-state index in [9.17, 15) is 4.79 Å². The predicted octanol–water partition coefficient (Wildman–Crippen LogP) is 3.54. The molecule has 2 heterocycles. The molecule has 0 aliphatic rings. The van der Waals surface area contributed by atoms with Crippen molar-refractivity contribution < 1.29 is 14.3 Å². The monoisotopic (exact) mass is 373 g/mol. The molecule has 0 radical (unpaired) electrons. The average molecular weight is 373 g/mol. The highest BCUT2D eigenvalue weighted by atomic mass is 32.1. The molecule has 1 aromatic carbocycles.